The molecular weight excluding hydrogens is 504 g/mol. The summed E-state index contributed by atoms with van der Waals surface area (Å²) in [5.41, 5.74) is -0.343. The fraction of sp³-hybridized carbons (Fsp3) is 0.345. The third-order valence-electron chi connectivity index (χ3n) is 6.33. The Balaban J connectivity index is 1.96. The Kier molecular flexibility index (Phi) is 9.54. The lowest BCUT2D eigenvalue weighted by Crippen LogP contribution is -2.55. The lowest BCUT2D eigenvalue weighted by molar-refractivity contribution is -0.0700. The second kappa shape index (κ2) is 12.4. The minimum atomic E-state index is -4.13. The van der Waals surface area contributed by atoms with Gasteiger partial charge in [0.1, 0.15) is 17.2 Å². The smallest absolute Gasteiger partial charge is 0.251 e. The SMILES string of the molecule is COc1ccc(S(=O)(=O)N(CC(C)C)C(O)(CCNC(=O)c2cccc(O)c2C)Cc2ccccc2)cc1. The van der Waals surface area contributed by atoms with E-state index in [1.807, 2.05) is 44.2 Å². The van der Waals surface area contributed by atoms with Crippen LogP contribution in [-0.2, 0) is 16.4 Å². The number of methoxy groups -OCH3 is 1. The van der Waals surface area contributed by atoms with Crippen molar-refractivity contribution in [2.45, 2.75) is 44.2 Å². The first kappa shape index (κ1) is 29.2. The zero-order valence-corrected chi connectivity index (χ0v) is 23.0. The molecule has 1 atom stereocenters. The lowest BCUT2D eigenvalue weighted by Gasteiger charge is -2.40. The van der Waals surface area contributed by atoms with Crippen molar-refractivity contribution in [2.24, 2.45) is 5.92 Å². The van der Waals surface area contributed by atoms with Crippen LogP contribution >= 0.6 is 0 Å². The van der Waals surface area contributed by atoms with Crippen molar-refractivity contribution in [1.29, 1.82) is 0 Å². The molecule has 0 saturated carbocycles. The first-order chi connectivity index (χ1) is 18.0. The molecule has 3 N–H and O–H groups in total. The minimum Gasteiger partial charge on any atom is -0.508 e. The maximum absolute atomic E-state index is 13.9. The minimum absolute atomic E-state index is 0.00396. The van der Waals surface area contributed by atoms with Gasteiger partial charge < -0.3 is 20.3 Å². The molecule has 3 aromatic carbocycles. The van der Waals surface area contributed by atoms with Crippen LogP contribution in [-0.4, -0.2) is 54.8 Å². The number of benzene rings is 3. The highest BCUT2D eigenvalue weighted by Crippen LogP contribution is 2.31. The van der Waals surface area contributed by atoms with E-state index in [0.29, 0.717) is 16.9 Å². The van der Waals surface area contributed by atoms with Crippen LogP contribution in [0.5, 0.6) is 11.5 Å². The molecule has 1 amide bonds. The molecule has 0 radical (unpaired) electrons. The van der Waals surface area contributed by atoms with Crippen molar-refractivity contribution in [2.75, 3.05) is 20.2 Å². The average Bonchev–Trinajstić information content (AvgIpc) is 2.89. The molecule has 0 aromatic heterocycles. The number of carbonyl (C=O) groups excluding carboxylic acids is 1. The predicted octanol–water partition coefficient (Wildman–Crippen LogP) is 4.11. The Morgan fingerprint density at radius 3 is 2.29 bits per heavy atom. The van der Waals surface area contributed by atoms with Gasteiger partial charge in [0.05, 0.1) is 12.0 Å². The zero-order chi connectivity index (χ0) is 27.9. The molecule has 3 aromatic rings. The van der Waals surface area contributed by atoms with E-state index in [2.05, 4.69) is 5.32 Å². The number of ether oxygens (including phenoxy) is 1. The number of aliphatic hydroxyl groups is 1. The van der Waals surface area contributed by atoms with Crippen LogP contribution in [0.25, 0.3) is 0 Å². The van der Waals surface area contributed by atoms with Crippen LogP contribution in [0.3, 0.4) is 0 Å². The van der Waals surface area contributed by atoms with E-state index in [1.165, 1.54) is 25.3 Å². The Bertz CT molecular complexity index is 1330. The van der Waals surface area contributed by atoms with E-state index >= 15 is 0 Å². The number of rotatable bonds is 12. The molecule has 1 unspecified atom stereocenters. The van der Waals surface area contributed by atoms with Crippen molar-refractivity contribution in [3.63, 3.8) is 0 Å². The van der Waals surface area contributed by atoms with Crippen LogP contribution < -0.4 is 10.1 Å². The van der Waals surface area contributed by atoms with Gasteiger partial charge in [-0.15, -0.1) is 0 Å². The molecule has 3 rings (SSSR count). The molecule has 0 saturated heterocycles. The number of hydrogen-bond acceptors (Lipinski definition) is 6. The number of sulfonamides is 1. The largest absolute Gasteiger partial charge is 0.508 e. The summed E-state index contributed by atoms with van der Waals surface area (Å²) in [5, 5.41) is 24.8. The number of carbonyl (C=O) groups is 1. The maximum Gasteiger partial charge on any atom is 0.251 e. The van der Waals surface area contributed by atoms with Gasteiger partial charge in [0.25, 0.3) is 5.91 Å². The van der Waals surface area contributed by atoms with Crippen molar-refractivity contribution in [1.82, 2.24) is 9.62 Å². The van der Waals surface area contributed by atoms with Gasteiger partial charge in [0.15, 0.2) is 0 Å². The number of nitrogens with zero attached hydrogens (tertiary/aromatic N) is 1. The van der Waals surface area contributed by atoms with Gasteiger partial charge in [0.2, 0.25) is 10.0 Å². The molecule has 8 nitrogen and oxygen atoms in total. The molecule has 0 aliphatic heterocycles. The van der Waals surface area contributed by atoms with E-state index in [-0.39, 0.29) is 42.5 Å². The van der Waals surface area contributed by atoms with Gasteiger partial charge in [-0.05, 0) is 54.8 Å². The lowest BCUT2D eigenvalue weighted by atomic mass is 9.98. The second-order valence-electron chi connectivity index (χ2n) is 9.71. The highest BCUT2D eigenvalue weighted by molar-refractivity contribution is 7.89. The van der Waals surface area contributed by atoms with E-state index in [9.17, 15) is 23.4 Å². The van der Waals surface area contributed by atoms with Crippen molar-refractivity contribution < 1.29 is 28.2 Å². The molecular formula is C29H36N2O6S. The highest BCUT2D eigenvalue weighted by atomic mass is 32.2. The maximum atomic E-state index is 13.9. The van der Waals surface area contributed by atoms with Gasteiger partial charge in [0, 0.05) is 37.1 Å². The fourth-order valence-electron chi connectivity index (χ4n) is 4.26. The molecule has 0 fully saturated rings. The van der Waals surface area contributed by atoms with E-state index < -0.39 is 21.7 Å². The third-order valence-corrected chi connectivity index (χ3v) is 8.27. The number of amides is 1. The Morgan fingerprint density at radius 2 is 1.68 bits per heavy atom. The van der Waals surface area contributed by atoms with Crippen LogP contribution in [0.2, 0.25) is 0 Å². The Hall–Kier alpha value is -3.40. The van der Waals surface area contributed by atoms with Crippen molar-refractivity contribution in [3.8, 4) is 11.5 Å². The first-order valence-corrected chi connectivity index (χ1v) is 13.9. The van der Waals surface area contributed by atoms with E-state index in [0.717, 1.165) is 9.87 Å². The number of aromatic hydroxyl groups is 1. The second-order valence-corrected chi connectivity index (χ2v) is 11.6. The van der Waals surface area contributed by atoms with Crippen LogP contribution in [0, 0.1) is 12.8 Å². The summed E-state index contributed by atoms with van der Waals surface area (Å²) in [5.74, 6) is 0.0135. The molecule has 0 spiro atoms. The number of phenols is 1. The monoisotopic (exact) mass is 540 g/mol. The quantitative estimate of drug-likeness (QED) is 0.298. The van der Waals surface area contributed by atoms with Crippen LogP contribution in [0.15, 0.2) is 77.7 Å². The van der Waals surface area contributed by atoms with Gasteiger partial charge in [-0.1, -0.05) is 50.2 Å². The summed E-state index contributed by atoms with van der Waals surface area (Å²) in [6.07, 6.45) is -0.0371. The van der Waals surface area contributed by atoms with E-state index in [4.69, 9.17) is 4.74 Å². The average molecular weight is 541 g/mol. The van der Waals surface area contributed by atoms with Crippen LogP contribution in [0.1, 0.15) is 41.8 Å². The topological polar surface area (TPSA) is 116 Å². The van der Waals surface area contributed by atoms with Gasteiger partial charge in [-0.2, -0.15) is 4.31 Å². The third kappa shape index (κ3) is 6.92. The normalized spacial score (nSPS) is 13.3. The molecule has 204 valence electrons. The summed E-state index contributed by atoms with van der Waals surface area (Å²) in [6.45, 7) is 5.47. The molecule has 0 aliphatic rings. The summed E-state index contributed by atoms with van der Waals surface area (Å²) in [7, 11) is -2.63. The molecule has 0 bridgehead atoms. The Morgan fingerprint density at radius 1 is 1.03 bits per heavy atom. The van der Waals surface area contributed by atoms with Gasteiger partial charge >= 0.3 is 0 Å². The zero-order valence-electron chi connectivity index (χ0n) is 22.2. The number of nitrogens with one attached hydrogen (secondary N) is 1. The summed E-state index contributed by atoms with van der Waals surface area (Å²) in [4.78, 5) is 12.9. The highest BCUT2D eigenvalue weighted by Gasteiger charge is 2.43. The van der Waals surface area contributed by atoms with Crippen molar-refractivity contribution >= 4 is 15.9 Å². The number of hydrogen-bond donors (Lipinski definition) is 3. The Labute approximate surface area is 224 Å². The predicted molar refractivity (Wildman–Crippen MR) is 147 cm³/mol. The van der Waals surface area contributed by atoms with E-state index in [1.54, 1.807) is 31.2 Å². The fourth-order valence-corrected chi connectivity index (χ4v) is 6.10. The standard InChI is InChI=1S/C29H36N2O6S/c1-21(2)20-31(38(35,36)25-15-13-24(37-4)14-16-25)29(34,19-23-9-6-5-7-10-23)17-18-30-28(33)26-11-8-12-27(32)22(26)3/h5-16,21,32,34H,17-20H2,1-4H3,(H,30,33). The summed E-state index contributed by atoms with van der Waals surface area (Å²) < 4.78 is 34.1. The molecule has 38 heavy (non-hydrogen) atoms. The van der Waals surface area contributed by atoms with Crippen LogP contribution in [0.4, 0.5) is 0 Å². The summed E-state index contributed by atoms with van der Waals surface area (Å²) >= 11 is 0. The van der Waals surface area contributed by atoms with Gasteiger partial charge in [-0.25, -0.2) is 8.42 Å². The molecule has 0 heterocycles. The summed E-state index contributed by atoms with van der Waals surface area (Å²) in [6, 6.07) is 19.9. The van der Waals surface area contributed by atoms with Crippen molar-refractivity contribution in [3.05, 3.63) is 89.5 Å². The number of phenolic OH excluding ortho intramolecular Hbond substituents is 1. The molecule has 0 aliphatic carbocycles. The molecule has 9 heteroatoms. The first-order valence-electron chi connectivity index (χ1n) is 12.5. The van der Waals surface area contributed by atoms with Gasteiger partial charge in [-0.3, -0.25) is 4.79 Å².